The topological polar surface area (TPSA) is 88.4 Å². The molecule has 15 heavy (non-hydrogen) atoms. The first-order chi connectivity index (χ1) is 7.16. The molecule has 1 heterocycles. The van der Waals surface area contributed by atoms with Crippen molar-refractivity contribution in [2.45, 2.75) is 31.5 Å². The van der Waals surface area contributed by atoms with Crippen LogP contribution in [-0.2, 0) is 14.2 Å². The van der Waals surface area contributed by atoms with E-state index in [9.17, 15) is 10.2 Å². The van der Waals surface area contributed by atoms with Gasteiger partial charge < -0.3 is 29.5 Å². The van der Waals surface area contributed by atoms with E-state index in [-0.39, 0.29) is 13.2 Å². The molecule has 0 aromatic carbocycles. The highest BCUT2D eigenvalue weighted by Crippen LogP contribution is 2.16. The minimum absolute atomic E-state index is 0.0441. The largest absolute Gasteiger partial charge is 0.388 e. The molecule has 4 atom stereocenters. The first-order valence-corrected chi connectivity index (χ1v) is 5.02. The predicted molar refractivity (Wildman–Crippen MR) is 50.2 cm³/mol. The summed E-state index contributed by atoms with van der Waals surface area (Å²) in [6.45, 7) is 3.10. The van der Waals surface area contributed by atoms with Gasteiger partial charge in [-0.3, -0.25) is 0 Å². The lowest BCUT2D eigenvalue weighted by atomic mass is 10.1. The van der Waals surface area contributed by atoms with E-state index in [0.717, 1.165) is 0 Å². The van der Waals surface area contributed by atoms with Gasteiger partial charge in [0, 0.05) is 6.61 Å². The standard InChI is InChI=1S/C9H18O6/c1-2-13-3-4-14-9-8(12)7(11)6(10)5-15-9/h6-12H,2-5H2,1H3. The Bertz CT molecular complexity index is 176. The Balaban J connectivity index is 2.23. The van der Waals surface area contributed by atoms with Crippen LogP contribution in [0.1, 0.15) is 6.92 Å². The third-order valence-corrected chi connectivity index (χ3v) is 2.17. The van der Waals surface area contributed by atoms with Gasteiger partial charge in [0.2, 0.25) is 0 Å². The Morgan fingerprint density at radius 2 is 1.93 bits per heavy atom. The number of aliphatic hydroxyl groups excluding tert-OH is 3. The molecular weight excluding hydrogens is 204 g/mol. The van der Waals surface area contributed by atoms with Gasteiger partial charge in [-0.1, -0.05) is 0 Å². The average Bonchev–Trinajstić information content (AvgIpc) is 2.24. The summed E-state index contributed by atoms with van der Waals surface area (Å²) in [6.07, 6.45) is -4.41. The lowest BCUT2D eigenvalue weighted by Gasteiger charge is -2.34. The minimum Gasteiger partial charge on any atom is -0.388 e. The Morgan fingerprint density at radius 1 is 1.20 bits per heavy atom. The Labute approximate surface area is 88.4 Å². The number of hydrogen-bond donors (Lipinski definition) is 3. The maximum atomic E-state index is 9.46. The van der Waals surface area contributed by atoms with Crippen LogP contribution >= 0.6 is 0 Å². The Kier molecular flexibility index (Phi) is 5.44. The maximum Gasteiger partial charge on any atom is 0.186 e. The summed E-state index contributed by atoms with van der Waals surface area (Å²) in [5.41, 5.74) is 0. The first-order valence-electron chi connectivity index (χ1n) is 5.02. The van der Waals surface area contributed by atoms with Crippen molar-refractivity contribution in [2.24, 2.45) is 0 Å². The Hall–Kier alpha value is -0.240. The molecule has 1 rings (SSSR count). The zero-order valence-corrected chi connectivity index (χ0v) is 8.70. The molecule has 0 radical (unpaired) electrons. The fourth-order valence-electron chi connectivity index (χ4n) is 1.29. The average molecular weight is 222 g/mol. The van der Waals surface area contributed by atoms with E-state index < -0.39 is 24.6 Å². The van der Waals surface area contributed by atoms with Crippen molar-refractivity contribution in [3.8, 4) is 0 Å². The van der Waals surface area contributed by atoms with Crippen LogP contribution in [-0.4, -0.2) is 66.3 Å². The number of aliphatic hydroxyl groups is 3. The van der Waals surface area contributed by atoms with Gasteiger partial charge in [0.1, 0.15) is 18.3 Å². The lowest BCUT2D eigenvalue weighted by Crippen LogP contribution is -2.53. The van der Waals surface area contributed by atoms with E-state index in [2.05, 4.69) is 0 Å². The van der Waals surface area contributed by atoms with Crippen molar-refractivity contribution in [1.29, 1.82) is 0 Å². The van der Waals surface area contributed by atoms with Gasteiger partial charge in [0.05, 0.1) is 19.8 Å². The summed E-state index contributed by atoms with van der Waals surface area (Å²) in [7, 11) is 0. The summed E-state index contributed by atoms with van der Waals surface area (Å²) < 4.78 is 15.2. The number of ether oxygens (including phenoxy) is 3. The first kappa shape index (κ1) is 12.8. The molecule has 3 N–H and O–H groups in total. The minimum atomic E-state index is -1.23. The summed E-state index contributed by atoms with van der Waals surface area (Å²) in [5.74, 6) is 0. The van der Waals surface area contributed by atoms with Crippen LogP contribution in [0.25, 0.3) is 0 Å². The van der Waals surface area contributed by atoms with Crippen LogP contribution in [0.3, 0.4) is 0 Å². The van der Waals surface area contributed by atoms with E-state index >= 15 is 0 Å². The van der Waals surface area contributed by atoms with Crippen molar-refractivity contribution in [1.82, 2.24) is 0 Å². The molecule has 90 valence electrons. The third kappa shape index (κ3) is 3.67. The smallest absolute Gasteiger partial charge is 0.186 e. The predicted octanol–water partition coefficient (Wildman–Crippen LogP) is -1.52. The van der Waals surface area contributed by atoms with Crippen LogP contribution < -0.4 is 0 Å². The summed E-state index contributed by atoms with van der Waals surface area (Å²) in [5, 5.41) is 28.0. The highest BCUT2D eigenvalue weighted by molar-refractivity contribution is 4.82. The number of hydrogen-bond acceptors (Lipinski definition) is 6. The molecule has 0 bridgehead atoms. The number of rotatable bonds is 5. The molecule has 0 aliphatic carbocycles. The Morgan fingerprint density at radius 3 is 2.60 bits per heavy atom. The van der Waals surface area contributed by atoms with Crippen LogP contribution in [0.15, 0.2) is 0 Å². The summed E-state index contributed by atoms with van der Waals surface area (Å²) >= 11 is 0. The summed E-state index contributed by atoms with van der Waals surface area (Å²) in [6, 6.07) is 0. The van der Waals surface area contributed by atoms with E-state index in [1.165, 1.54) is 0 Å². The van der Waals surface area contributed by atoms with E-state index in [1.54, 1.807) is 0 Å². The van der Waals surface area contributed by atoms with Crippen LogP contribution in [0, 0.1) is 0 Å². The van der Waals surface area contributed by atoms with Gasteiger partial charge in [-0.05, 0) is 6.92 Å². The van der Waals surface area contributed by atoms with Gasteiger partial charge in [-0.15, -0.1) is 0 Å². The maximum absolute atomic E-state index is 9.46. The fraction of sp³-hybridized carbons (Fsp3) is 1.00. The highest BCUT2D eigenvalue weighted by atomic mass is 16.7. The molecule has 0 aromatic rings. The lowest BCUT2D eigenvalue weighted by molar-refractivity contribution is -0.271. The van der Waals surface area contributed by atoms with E-state index in [0.29, 0.717) is 13.2 Å². The normalized spacial score (nSPS) is 36.8. The fourth-order valence-corrected chi connectivity index (χ4v) is 1.29. The van der Waals surface area contributed by atoms with Gasteiger partial charge in [-0.25, -0.2) is 0 Å². The monoisotopic (exact) mass is 222 g/mol. The van der Waals surface area contributed by atoms with Crippen molar-refractivity contribution in [3.63, 3.8) is 0 Å². The molecule has 6 nitrogen and oxygen atoms in total. The molecule has 1 saturated heterocycles. The van der Waals surface area contributed by atoms with Gasteiger partial charge >= 0.3 is 0 Å². The van der Waals surface area contributed by atoms with Gasteiger partial charge in [0.25, 0.3) is 0 Å². The zero-order chi connectivity index (χ0) is 11.3. The quantitative estimate of drug-likeness (QED) is 0.490. The second-order valence-corrected chi connectivity index (χ2v) is 3.32. The molecule has 0 saturated carbocycles. The third-order valence-electron chi connectivity index (χ3n) is 2.17. The van der Waals surface area contributed by atoms with Crippen molar-refractivity contribution >= 4 is 0 Å². The van der Waals surface area contributed by atoms with Crippen LogP contribution in [0.2, 0.25) is 0 Å². The molecule has 1 fully saturated rings. The van der Waals surface area contributed by atoms with Crippen LogP contribution in [0.4, 0.5) is 0 Å². The SMILES string of the molecule is CCOCCOC1OCC(O)C(O)C1O. The molecule has 4 unspecified atom stereocenters. The second-order valence-electron chi connectivity index (χ2n) is 3.32. The van der Waals surface area contributed by atoms with Crippen molar-refractivity contribution < 1.29 is 29.5 Å². The highest BCUT2D eigenvalue weighted by Gasteiger charge is 2.37. The molecule has 1 aliphatic heterocycles. The molecular formula is C9H18O6. The molecule has 0 aromatic heterocycles. The second kappa shape index (κ2) is 6.37. The molecule has 0 amide bonds. The molecule has 1 aliphatic rings. The van der Waals surface area contributed by atoms with E-state index in [4.69, 9.17) is 19.3 Å². The van der Waals surface area contributed by atoms with E-state index in [1.807, 2.05) is 6.92 Å². The summed E-state index contributed by atoms with van der Waals surface area (Å²) in [4.78, 5) is 0. The van der Waals surface area contributed by atoms with Crippen LogP contribution in [0.5, 0.6) is 0 Å². The van der Waals surface area contributed by atoms with Gasteiger partial charge in [-0.2, -0.15) is 0 Å². The molecule has 0 spiro atoms. The molecule has 6 heteroatoms. The van der Waals surface area contributed by atoms with Gasteiger partial charge in [0.15, 0.2) is 6.29 Å². The van der Waals surface area contributed by atoms with Crippen molar-refractivity contribution in [2.75, 3.05) is 26.4 Å². The van der Waals surface area contributed by atoms with Crippen molar-refractivity contribution in [3.05, 3.63) is 0 Å². The zero-order valence-electron chi connectivity index (χ0n) is 8.70.